The number of benzene rings is 2. The van der Waals surface area contributed by atoms with Crippen molar-refractivity contribution in [1.29, 1.82) is 0 Å². The SMILES string of the molecule is Cc1cc(C(=O)Nc2cccc(C(C)N[C-]=CN=C3C=[N+](C)[CH-]3)c2)ccc1CN1CCN(C)CC1.[K+]. The average Bonchev–Trinajstić information content (AvgIpc) is 2.83. The molecule has 7 nitrogen and oxygen atoms in total. The van der Waals surface area contributed by atoms with E-state index < -0.39 is 0 Å². The standard InChI is InChI=1S/C28H35N6O.K/c1-21-16-24(8-9-25(21)18-34-14-12-32(3)13-15-34)28(35)31-26-7-5-6-23(17-26)22(2)29-10-11-30-27-19-33(4)20-27;/h5-9,11,16-17,19-20,22,29H,12-15,18H2,1-4H3,(H,31,35);/q-1;+1. The van der Waals surface area contributed by atoms with Crippen LogP contribution in [0.1, 0.15) is 40.0 Å². The molecular weight excluding hydrogens is 475 g/mol. The van der Waals surface area contributed by atoms with Gasteiger partial charge in [0.15, 0.2) is 0 Å². The first-order valence-electron chi connectivity index (χ1n) is 12.1. The van der Waals surface area contributed by atoms with E-state index >= 15 is 0 Å². The van der Waals surface area contributed by atoms with E-state index in [0.717, 1.165) is 55.2 Å². The molecule has 2 aromatic carbocycles. The minimum atomic E-state index is -0.0998. The minimum Gasteiger partial charge on any atom is -0.560 e. The smallest absolute Gasteiger partial charge is 0.560 e. The van der Waals surface area contributed by atoms with Crippen LogP contribution in [0.25, 0.3) is 0 Å². The fourth-order valence-electron chi connectivity index (χ4n) is 4.18. The van der Waals surface area contributed by atoms with Crippen molar-refractivity contribution in [1.82, 2.24) is 15.1 Å². The first kappa shape index (κ1) is 28.8. The number of hydrogen-bond donors (Lipinski definition) is 2. The van der Waals surface area contributed by atoms with E-state index in [2.05, 4.69) is 51.7 Å². The van der Waals surface area contributed by atoms with Gasteiger partial charge in [-0.3, -0.25) is 9.69 Å². The van der Waals surface area contributed by atoms with Crippen LogP contribution in [0.15, 0.2) is 53.7 Å². The van der Waals surface area contributed by atoms with Gasteiger partial charge in [-0.25, -0.2) is 0 Å². The zero-order valence-electron chi connectivity index (χ0n) is 22.1. The quantitative estimate of drug-likeness (QED) is 0.231. The number of hydrogen-bond acceptors (Lipinski definition) is 5. The third-order valence-electron chi connectivity index (χ3n) is 6.49. The fourth-order valence-corrected chi connectivity index (χ4v) is 4.18. The van der Waals surface area contributed by atoms with Crippen molar-refractivity contribution in [3.8, 4) is 0 Å². The molecule has 184 valence electrons. The third kappa shape index (κ3) is 8.11. The minimum absolute atomic E-state index is 0. The van der Waals surface area contributed by atoms with Gasteiger partial charge in [-0.2, -0.15) is 0 Å². The Bertz CT molecular complexity index is 1150. The first-order valence-corrected chi connectivity index (χ1v) is 12.1. The average molecular weight is 511 g/mol. The van der Waals surface area contributed by atoms with Crippen LogP contribution in [0.5, 0.6) is 0 Å². The van der Waals surface area contributed by atoms with E-state index in [0.29, 0.717) is 5.56 Å². The summed E-state index contributed by atoms with van der Waals surface area (Å²) in [7, 11) is 4.13. The number of rotatable bonds is 8. The molecule has 0 aromatic heterocycles. The zero-order valence-corrected chi connectivity index (χ0v) is 25.2. The van der Waals surface area contributed by atoms with Crippen LogP contribution in [0.3, 0.4) is 0 Å². The topological polar surface area (TPSA) is 63.0 Å². The maximum Gasteiger partial charge on any atom is 1.00 e. The molecular formula is C28H35KN6O. The molecule has 0 saturated carbocycles. The monoisotopic (exact) mass is 510 g/mol. The van der Waals surface area contributed by atoms with E-state index in [1.54, 1.807) is 6.20 Å². The van der Waals surface area contributed by atoms with Crippen molar-refractivity contribution in [3.05, 3.63) is 83.7 Å². The molecule has 0 spiro atoms. The molecule has 36 heavy (non-hydrogen) atoms. The van der Waals surface area contributed by atoms with Gasteiger partial charge >= 0.3 is 51.4 Å². The number of aryl methyl sites for hydroxylation is 1. The van der Waals surface area contributed by atoms with Gasteiger partial charge in [0, 0.05) is 50.0 Å². The zero-order chi connectivity index (χ0) is 24.8. The Labute approximate surface area is 257 Å². The Hall–Kier alpha value is -1.78. The molecule has 1 fully saturated rings. The van der Waals surface area contributed by atoms with Gasteiger partial charge in [-0.05, 0) is 61.9 Å². The Morgan fingerprint density at radius 1 is 1.22 bits per heavy atom. The predicted octanol–water partition coefficient (Wildman–Crippen LogP) is 0.253. The molecule has 1 amide bonds. The van der Waals surface area contributed by atoms with Gasteiger partial charge < -0.3 is 31.3 Å². The Morgan fingerprint density at radius 3 is 2.67 bits per heavy atom. The Kier molecular flexibility index (Phi) is 10.9. The summed E-state index contributed by atoms with van der Waals surface area (Å²) in [4.78, 5) is 22.1. The van der Waals surface area contributed by atoms with Gasteiger partial charge in [0.1, 0.15) is 7.05 Å². The number of carbonyl (C=O) groups excluding carboxylic acids is 1. The van der Waals surface area contributed by atoms with Crippen LogP contribution in [0, 0.1) is 19.7 Å². The molecule has 0 aliphatic carbocycles. The molecule has 2 heterocycles. The summed E-state index contributed by atoms with van der Waals surface area (Å²) in [5, 5.41) is 6.24. The van der Waals surface area contributed by atoms with Crippen LogP contribution in [0.4, 0.5) is 5.69 Å². The summed E-state index contributed by atoms with van der Waals surface area (Å²) >= 11 is 0. The van der Waals surface area contributed by atoms with E-state index in [1.807, 2.05) is 67.7 Å². The molecule has 1 atom stereocenters. The van der Waals surface area contributed by atoms with Crippen molar-refractivity contribution in [2.45, 2.75) is 26.4 Å². The van der Waals surface area contributed by atoms with E-state index in [9.17, 15) is 4.79 Å². The molecule has 4 rings (SSSR count). The van der Waals surface area contributed by atoms with Crippen LogP contribution < -0.4 is 62.0 Å². The summed E-state index contributed by atoms with van der Waals surface area (Å²) < 4.78 is 1.95. The second-order valence-corrected chi connectivity index (χ2v) is 9.42. The molecule has 1 unspecified atom stereocenters. The maximum atomic E-state index is 12.9. The normalized spacial score (nSPS) is 18.1. The predicted molar refractivity (Wildman–Crippen MR) is 142 cm³/mol. The maximum absolute atomic E-state index is 12.9. The summed E-state index contributed by atoms with van der Waals surface area (Å²) in [5.41, 5.74) is 5.84. The van der Waals surface area contributed by atoms with Gasteiger partial charge in [0.2, 0.25) is 0 Å². The number of likely N-dealkylation sites (N-methyl/N-ethyl adjacent to an activating group) is 1. The van der Waals surface area contributed by atoms with Gasteiger partial charge in [0.05, 0.1) is 18.5 Å². The third-order valence-corrected chi connectivity index (χ3v) is 6.49. The van der Waals surface area contributed by atoms with Gasteiger partial charge in [-0.1, -0.05) is 18.2 Å². The second kappa shape index (κ2) is 13.7. The number of nitrogens with zero attached hydrogens (tertiary/aromatic N) is 4. The first-order chi connectivity index (χ1) is 16.9. The summed E-state index contributed by atoms with van der Waals surface area (Å²) in [5.74, 6) is -0.0998. The summed E-state index contributed by atoms with van der Waals surface area (Å²) in [6.07, 6.45) is 6.59. The van der Waals surface area contributed by atoms with Crippen LogP contribution in [-0.2, 0) is 6.54 Å². The van der Waals surface area contributed by atoms with Crippen molar-refractivity contribution >= 4 is 23.5 Å². The van der Waals surface area contributed by atoms with Gasteiger partial charge in [-0.15, -0.1) is 6.20 Å². The molecule has 8 heteroatoms. The number of aliphatic imine (C=N–C) groups is 1. The summed E-state index contributed by atoms with van der Waals surface area (Å²) in [6, 6.07) is 13.9. The number of anilines is 1. The number of amides is 1. The van der Waals surface area contributed by atoms with Crippen LogP contribution >= 0.6 is 0 Å². The van der Waals surface area contributed by atoms with Crippen LogP contribution in [-0.4, -0.2) is 72.5 Å². The Balaban J connectivity index is 0.00000361. The molecule has 2 aromatic rings. The number of carbonyl (C=O) groups is 1. The molecule has 0 bridgehead atoms. The number of nitrogens with one attached hydrogen (secondary N) is 2. The molecule has 0 radical (unpaired) electrons. The molecule has 2 N–H and O–H groups in total. The van der Waals surface area contributed by atoms with Crippen molar-refractivity contribution in [3.63, 3.8) is 0 Å². The summed E-state index contributed by atoms with van der Waals surface area (Å²) in [6.45, 7) is 11.4. The van der Waals surface area contributed by atoms with Crippen molar-refractivity contribution in [2.24, 2.45) is 4.99 Å². The molecule has 2 aliphatic rings. The van der Waals surface area contributed by atoms with E-state index in [1.165, 1.54) is 5.56 Å². The Morgan fingerprint density at radius 2 is 1.97 bits per heavy atom. The van der Waals surface area contributed by atoms with E-state index in [-0.39, 0.29) is 63.3 Å². The fraction of sp³-hybridized carbons (Fsp3) is 0.357. The second-order valence-electron chi connectivity index (χ2n) is 9.42. The van der Waals surface area contributed by atoms with Crippen molar-refractivity contribution in [2.75, 3.05) is 45.6 Å². The van der Waals surface area contributed by atoms with Gasteiger partial charge in [0.25, 0.3) is 5.91 Å². The number of piperazine rings is 1. The van der Waals surface area contributed by atoms with Crippen LogP contribution in [0.2, 0.25) is 0 Å². The largest absolute Gasteiger partial charge is 1.00 e. The van der Waals surface area contributed by atoms with E-state index in [4.69, 9.17) is 0 Å². The molecule has 2 aliphatic heterocycles. The molecule has 1 saturated heterocycles. The van der Waals surface area contributed by atoms with Crippen molar-refractivity contribution < 1.29 is 60.8 Å².